The minimum absolute atomic E-state index is 0.0108. The van der Waals surface area contributed by atoms with Crippen LogP contribution in [-0.2, 0) is 12.8 Å². The van der Waals surface area contributed by atoms with E-state index < -0.39 is 0 Å². The Bertz CT molecular complexity index is 711. The molecule has 0 bridgehead atoms. The molecular weight excluding hydrogens is 274 g/mol. The zero-order chi connectivity index (χ0) is 15.3. The molecule has 4 N–H and O–H groups in total. The van der Waals surface area contributed by atoms with E-state index in [-0.39, 0.29) is 23.5 Å². The molecule has 3 atom stereocenters. The number of nitrogens with two attached hydrogens (primary N) is 1. The zero-order valence-corrected chi connectivity index (χ0v) is 12.5. The molecule has 22 heavy (non-hydrogen) atoms. The first-order valence-corrected chi connectivity index (χ1v) is 8.02. The van der Waals surface area contributed by atoms with Crippen molar-refractivity contribution in [3.8, 4) is 11.5 Å². The van der Waals surface area contributed by atoms with Crippen LogP contribution in [0.25, 0.3) is 0 Å². The van der Waals surface area contributed by atoms with E-state index in [9.17, 15) is 10.2 Å². The van der Waals surface area contributed by atoms with Crippen molar-refractivity contribution in [2.45, 2.75) is 43.6 Å². The van der Waals surface area contributed by atoms with E-state index in [1.54, 1.807) is 6.07 Å². The summed E-state index contributed by atoms with van der Waals surface area (Å²) in [7, 11) is 0. The number of hydrogen-bond donors (Lipinski definition) is 3. The van der Waals surface area contributed by atoms with E-state index >= 15 is 0 Å². The molecule has 0 unspecified atom stereocenters. The summed E-state index contributed by atoms with van der Waals surface area (Å²) in [6, 6.07) is 12.3. The quantitative estimate of drug-likeness (QED) is 0.708. The maximum Gasteiger partial charge on any atom is 0.160 e. The fraction of sp³-hybridized carbons (Fsp3) is 0.368. The zero-order valence-electron chi connectivity index (χ0n) is 12.5. The normalized spacial score (nSPS) is 26.5. The van der Waals surface area contributed by atoms with E-state index in [1.165, 1.54) is 16.7 Å². The standard InChI is InChI=1S/C19H21NO2/c20-16-7-6-12-10-17(21)19(22)15-9-13(8-14(16)18(12)15)11-4-2-1-3-5-11/h1-5,10,13-14,16,21-22H,6-9,20H2/t13-,14-,16+/m1/s1. The number of phenolic OH excluding ortho intramolecular Hbond substituents is 2. The molecule has 0 heterocycles. The lowest BCUT2D eigenvalue weighted by molar-refractivity contribution is 0.360. The summed E-state index contributed by atoms with van der Waals surface area (Å²) in [4.78, 5) is 0. The largest absolute Gasteiger partial charge is 0.504 e. The predicted octanol–water partition coefficient (Wildman–Crippen LogP) is 3.18. The Labute approximate surface area is 130 Å². The molecule has 2 aliphatic rings. The van der Waals surface area contributed by atoms with Crippen LogP contribution in [0.5, 0.6) is 11.5 Å². The highest BCUT2D eigenvalue weighted by atomic mass is 16.3. The number of phenols is 2. The van der Waals surface area contributed by atoms with Crippen LogP contribution in [0.2, 0.25) is 0 Å². The monoisotopic (exact) mass is 295 g/mol. The Balaban J connectivity index is 1.85. The molecule has 2 aliphatic carbocycles. The van der Waals surface area contributed by atoms with Crippen molar-refractivity contribution in [1.82, 2.24) is 0 Å². The van der Waals surface area contributed by atoms with Gasteiger partial charge in [0.05, 0.1) is 0 Å². The van der Waals surface area contributed by atoms with Gasteiger partial charge >= 0.3 is 0 Å². The molecule has 2 aromatic rings. The van der Waals surface area contributed by atoms with Gasteiger partial charge in [0.25, 0.3) is 0 Å². The highest BCUT2D eigenvalue weighted by molar-refractivity contribution is 5.57. The number of rotatable bonds is 1. The molecule has 0 fully saturated rings. The Morgan fingerprint density at radius 3 is 2.64 bits per heavy atom. The first kappa shape index (κ1) is 13.6. The van der Waals surface area contributed by atoms with E-state index in [1.807, 2.05) is 6.07 Å². The van der Waals surface area contributed by atoms with Crippen molar-refractivity contribution in [3.05, 3.63) is 58.7 Å². The molecule has 0 spiro atoms. The van der Waals surface area contributed by atoms with Gasteiger partial charge in [0.15, 0.2) is 11.5 Å². The van der Waals surface area contributed by atoms with E-state index in [2.05, 4.69) is 24.3 Å². The Hall–Kier alpha value is -2.00. The van der Waals surface area contributed by atoms with Crippen LogP contribution in [0, 0.1) is 0 Å². The van der Waals surface area contributed by atoms with Crippen LogP contribution >= 0.6 is 0 Å². The van der Waals surface area contributed by atoms with Crippen LogP contribution in [0.4, 0.5) is 0 Å². The van der Waals surface area contributed by atoms with Crippen LogP contribution in [-0.4, -0.2) is 16.3 Å². The van der Waals surface area contributed by atoms with Gasteiger partial charge in [-0.2, -0.15) is 0 Å². The first-order valence-electron chi connectivity index (χ1n) is 8.02. The van der Waals surface area contributed by atoms with Crippen molar-refractivity contribution < 1.29 is 10.2 Å². The first-order chi connectivity index (χ1) is 10.6. The van der Waals surface area contributed by atoms with E-state index in [0.29, 0.717) is 5.92 Å². The third-order valence-electron chi connectivity index (χ3n) is 5.41. The fourth-order valence-corrected chi connectivity index (χ4v) is 4.31. The van der Waals surface area contributed by atoms with Crippen molar-refractivity contribution in [3.63, 3.8) is 0 Å². The Morgan fingerprint density at radius 2 is 1.86 bits per heavy atom. The van der Waals surface area contributed by atoms with Crippen molar-refractivity contribution in [2.24, 2.45) is 5.73 Å². The molecular formula is C19H21NO2. The minimum atomic E-state index is 0.0108. The van der Waals surface area contributed by atoms with Gasteiger partial charge in [-0.3, -0.25) is 0 Å². The number of aromatic hydroxyl groups is 2. The molecule has 114 valence electrons. The van der Waals surface area contributed by atoms with Gasteiger partial charge in [-0.1, -0.05) is 30.3 Å². The topological polar surface area (TPSA) is 66.5 Å². The lowest BCUT2D eigenvalue weighted by Gasteiger charge is -2.40. The Morgan fingerprint density at radius 1 is 1.09 bits per heavy atom. The van der Waals surface area contributed by atoms with Crippen molar-refractivity contribution >= 4 is 0 Å². The van der Waals surface area contributed by atoms with Crippen LogP contribution < -0.4 is 5.73 Å². The van der Waals surface area contributed by atoms with Gasteiger partial charge in [-0.15, -0.1) is 0 Å². The third kappa shape index (κ3) is 2.00. The number of benzene rings is 2. The van der Waals surface area contributed by atoms with Gasteiger partial charge in [0, 0.05) is 17.5 Å². The van der Waals surface area contributed by atoms with Crippen LogP contribution in [0.1, 0.15) is 46.9 Å². The smallest absolute Gasteiger partial charge is 0.160 e. The molecule has 2 aromatic carbocycles. The molecule has 0 saturated heterocycles. The molecule has 4 rings (SSSR count). The molecule has 0 aromatic heterocycles. The third-order valence-corrected chi connectivity index (χ3v) is 5.41. The highest BCUT2D eigenvalue weighted by Gasteiger charge is 2.38. The van der Waals surface area contributed by atoms with Gasteiger partial charge in [-0.25, -0.2) is 0 Å². The predicted molar refractivity (Wildman–Crippen MR) is 86.3 cm³/mol. The summed E-state index contributed by atoms with van der Waals surface area (Å²) in [6.07, 6.45) is 3.64. The summed E-state index contributed by atoms with van der Waals surface area (Å²) < 4.78 is 0. The lowest BCUT2D eigenvalue weighted by atomic mass is 9.66. The summed E-state index contributed by atoms with van der Waals surface area (Å²) >= 11 is 0. The SMILES string of the molecule is N[C@H]1CCc2cc(O)c(O)c3c2[C@@H]1C[C@@H](c1ccccc1)C3. The van der Waals surface area contributed by atoms with Crippen molar-refractivity contribution in [1.29, 1.82) is 0 Å². The number of aryl methyl sites for hydroxylation is 1. The molecule has 0 amide bonds. The fourth-order valence-electron chi connectivity index (χ4n) is 4.31. The second-order valence-corrected chi connectivity index (χ2v) is 6.65. The van der Waals surface area contributed by atoms with Crippen LogP contribution in [0.3, 0.4) is 0 Å². The second kappa shape index (κ2) is 5.03. The summed E-state index contributed by atoms with van der Waals surface area (Å²) in [6.45, 7) is 0. The minimum Gasteiger partial charge on any atom is -0.504 e. The van der Waals surface area contributed by atoms with Gasteiger partial charge < -0.3 is 15.9 Å². The second-order valence-electron chi connectivity index (χ2n) is 6.65. The van der Waals surface area contributed by atoms with E-state index in [0.717, 1.165) is 31.2 Å². The van der Waals surface area contributed by atoms with Gasteiger partial charge in [-0.05, 0) is 54.4 Å². The molecule has 0 aliphatic heterocycles. The maximum absolute atomic E-state index is 10.4. The lowest BCUT2D eigenvalue weighted by Crippen LogP contribution is -2.37. The van der Waals surface area contributed by atoms with Crippen LogP contribution in [0.15, 0.2) is 36.4 Å². The maximum atomic E-state index is 10.4. The molecule has 0 radical (unpaired) electrons. The highest BCUT2D eigenvalue weighted by Crippen LogP contribution is 2.50. The van der Waals surface area contributed by atoms with Crippen molar-refractivity contribution in [2.75, 3.05) is 0 Å². The van der Waals surface area contributed by atoms with Gasteiger partial charge in [0.2, 0.25) is 0 Å². The molecule has 0 saturated carbocycles. The summed E-state index contributed by atoms with van der Waals surface area (Å²) in [5.74, 6) is 0.697. The Kier molecular flexibility index (Phi) is 3.12. The number of hydrogen-bond acceptors (Lipinski definition) is 3. The molecule has 3 heteroatoms. The summed E-state index contributed by atoms with van der Waals surface area (Å²) in [5, 5.41) is 20.4. The average molecular weight is 295 g/mol. The molecule has 3 nitrogen and oxygen atoms in total. The van der Waals surface area contributed by atoms with Gasteiger partial charge in [0.1, 0.15) is 0 Å². The summed E-state index contributed by atoms with van der Waals surface area (Å²) in [5.41, 5.74) is 11.0. The average Bonchev–Trinajstić information content (AvgIpc) is 2.56. The van der Waals surface area contributed by atoms with E-state index in [4.69, 9.17) is 5.73 Å².